The van der Waals surface area contributed by atoms with Crippen molar-refractivity contribution in [3.8, 4) is 5.75 Å². The first-order chi connectivity index (χ1) is 13.1. The third-order valence-electron chi connectivity index (χ3n) is 4.16. The molecule has 0 bridgehead atoms. The molecule has 0 aliphatic carbocycles. The Labute approximate surface area is 159 Å². The second-order valence-electron chi connectivity index (χ2n) is 6.17. The highest BCUT2D eigenvalue weighted by Gasteiger charge is 2.17. The predicted octanol–water partition coefficient (Wildman–Crippen LogP) is 4.50. The molecule has 3 rings (SSSR count). The van der Waals surface area contributed by atoms with Crippen LogP contribution in [-0.2, 0) is 11.3 Å². The quantitative estimate of drug-likeness (QED) is 0.584. The molecule has 0 aromatic heterocycles. The second-order valence-corrected chi connectivity index (χ2v) is 6.17. The maximum absolute atomic E-state index is 12.9. The average Bonchev–Trinajstić information content (AvgIpc) is 2.72. The van der Waals surface area contributed by atoms with Crippen LogP contribution in [0.2, 0.25) is 0 Å². The van der Waals surface area contributed by atoms with Crippen LogP contribution in [0.25, 0.3) is 0 Å². The molecule has 4 nitrogen and oxygen atoms in total. The van der Waals surface area contributed by atoms with E-state index in [0.717, 1.165) is 11.3 Å². The van der Waals surface area contributed by atoms with E-state index in [1.807, 2.05) is 60.7 Å². The van der Waals surface area contributed by atoms with Crippen molar-refractivity contribution in [2.24, 2.45) is 0 Å². The van der Waals surface area contributed by atoms with Gasteiger partial charge in [-0.3, -0.25) is 9.59 Å². The van der Waals surface area contributed by atoms with Crippen LogP contribution in [-0.4, -0.2) is 18.3 Å². The van der Waals surface area contributed by atoms with Crippen LogP contribution in [0.5, 0.6) is 5.75 Å². The lowest BCUT2D eigenvalue weighted by Crippen LogP contribution is -2.34. The number of carbonyl (C=O) groups excluding carboxylic acids is 2. The zero-order valence-electron chi connectivity index (χ0n) is 15.2. The summed E-state index contributed by atoms with van der Waals surface area (Å²) >= 11 is 0. The van der Waals surface area contributed by atoms with Gasteiger partial charge >= 0.3 is 0 Å². The van der Waals surface area contributed by atoms with Gasteiger partial charge in [-0.15, -0.1) is 0 Å². The van der Waals surface area contributed by atoms with Gasteiger partial charge < -0.3 is 9.64 Å². The molecule has 136 valence electrons. The van der Waals surface area contributed by atoms with Crippen LogP contribution < -0.4 is 9.64 Å². The number of amides is 1. The van der Waals surface area contributed by atoms with Crippen molar-refractivity contribution in [2.45, 2.75) is 13.5 Å². The van der Waals surface area contributed by atoms with E-state index in [0.29, 0.717) is 17.9 Å². The van der Waals surface area contributed by atoms with E-state index in [-0.39, 0.29) is 18.3 Å². The molecule has 0 unspecified atom stereocenters. The van der Waals surface area contributed by atoms with Crippen LogP contribution in [0.1, 0.15) is 22.8 Å². The SMILES string of the molecule is CC(=O)c1cccc(OCC(=O)N(Cc2ccccc2)c2ccccc2)c1. The second kappa shape index (κ2) is 8.81. The number of ketones is 1. The lowest BCUT2D eigenvalue weighted by atomic mass is 10.1. The zero-order chi connectivity index (χ0) is 19.1. The van der Waals surface area contributed by atoms with Gasteiger partial charge in [-0.05, 0) is 36.8 Å². The Morgan fingerprint density at radius 3 is 2.19 bits per heavy atom. The topological polar surface area (TPSA) is 46.6 Å². The molecule has 0 saturated heterocycles. The first kappa shape index (κ1) is 18.4. The molecule has 4 heteroatoms. The summed E-state index contributed by atoms with van der Waals surface area (Å²) < 4.78 is 5.66. The number of ether oxygens (including phenoxy) is 1. The van der Waals surface area contributed by atoms with Crippen molar-refractivity contribution in [1.29, 1.82) is 0 Å². The Hall–Kier alpha value is -3.40. The van der Waals surface area contributed by atoms with Gasteiger partial charge in [0, 0.05) is 11.3 Å². The number of para-hydroxylation sites is 1. The fourth-order valence-corrected chi connectivity index (χ4v) is 2.73. The van der Waals surface area contributed by atoms with Crippen molar-refractivity contribution in [1.82, 2.24) is 0 Å². The summed E-state index contributed by atoms with van der Waals surface area (Å²) in [5.41, 5.74) is 2.41. The molecule has 0 radical (unpaired) electrons. The molecular formula is C23H21NO3. The van der Waals surface area contributed by atoms with Crippen molar-refractivity contribution in [3.63, 3.8) is 0 Å². The maximum Gasteiger partial charge on any atom is 0.265 e. The highest BCUT2D eigenvalue weighted by Crippen LogP contribution is 2.19. The molecular weight excluding hydrogens is 338 g/mol. The molecule has 3 aromatic carbocycles. The van der Waals surface area contributed by atoms with E-state index < -0.39 is 0 Å². The minimum atomic E-state index is -0.154. The Bertz CT molecular complexity index is 907. The number of carbonyl (C=O) groups is 2. The summed E-state index contributed by atoms with van der Waals surface area (Å²) in [6, 6.07) is 26.2. The molecule has 27 heavy (non-hydrogen) atoms. The summed E-state index contributed by atoms with van der Waals surface area (Å²) in [6.07, 6.45) is 0. The standard InChI is InChI=1S/C23H21NO3/c1-18(25)20-11-8-14-22(15-20)27-17-23(26)24(21-12-6-3-7-13-21)16-19-9-4-2-5-10-19/h2-15H,16-17H2,1H3. The average molecular weight is 359 g/mol. The first-order valence-electron chi connectivity index (χ1n) is 8.76. The Balaban J connectivity index is 1.75. The number of rotatable bonds is 7. The lowest BCUT2D eigenvalue weighted by molar-refractivity contribution is -0.120. The number of Topliss-reactive ketones (excluding diaryl/α,β-unsaturated/α-hetero) is 1. The van der Waals surface area contributed by atoms with Gasteiger partial charge in [-0.1, -0.05) is 60.7 Å². The van der Waals surface area contributed by atoms with Gasteiger partial charge in [0.2, 0.25) is 0 Å². The maximum atomic E-state index is 12.9. The number of nitrogens with zero attached hydrogens (tertiary/aromatic N) is 1. The Morgan fingerprint density at radius 1 is 0.852 bits per heavy atom. The van der Waals surface area contributed by atoms with E-state index in [1.54, 1.807) is 29.2 Å². The van der Waals surface area contributed by atoms with E-state index in [2.05, 4.69) is 0 Å². The third-order valence-corrected chi connectivity index (χ3v) is 4.16. The number of hydrogen-bond donors (Lipinski definition) is 0. The zero-order valence-corrected chi connectivity index (χ0v) is 15.2. The summed E-state index contributed by atoms with van der Waals surface area (Å²) in [7, 11) is 0. The van der Waals surface area contributed by atoms with Gasteiger partial charge in [0.1, 0.15) is 5.75 Å². The molecule has 0 heterocycles. The third kappa shape index (κ3) is 5.05. The van der Waals surface area contributed by atoms with Gasteiger partial charge in [-0.2, -0.15) is 0 Å². The largest absolute Gasteiger partial charge is 0.484 e. The van der Waals surface area contributed by atoms with Crippen molar-refractivity contribution >= 4 is 17.4 Å². The van der Waals surface area contributed by atoms with Crippen LogP contribution in [0.3, 0.4) is 0 Å². The molecule has 0 aliphatic heterocycles. The van der Waals surface area contributed by atoms with Gasteiger partial charge in [-0.25, -0.2) is 0 Å². The fraction of sp³-hybridized carbons (Fsp3) is 0.130. The lowest BCUT2D eigenvalue weighted by Gasteiger charge is -2.23. The number of benzene rings is 3. The van der Waals surface area contributed by atoms with Crippen LogP contribution in [0.15, 0.2) is 84.9 Å². The normalized spacial score (nSPS) is 10.3. The Morgan fingerprint density at radius 2 is 1.52 bits per heavy atom. The molecule has 1 amide bonds. The van der Waals surface area contributed by atoms with E-state index in [9.17, 15) is 9.59 Å². The number of hydrogen-bond acceptors (Lipinski definition) is 3. The van der Waals surface area contributed by atoms with E-state index in [1.165, 1.54) is 6.92 Å². The molecule has 3 aromatic rings. The molecule has 0 aliphatic rings. The molecule has 0 N–H and O–H groups in total. The van der Waals surface area contributed by atoms with Crippen LogP contribution in [0, 0.1) is 0 Å². The van der Waals surface area contributed by atoms with Crippen LogP contribution >= 0.6 is 0 Å². The fourth-order valence-electron chi connectivity index (χ4n) is 2.73. The summed E-state index contributed by atoms with van der Waals surface area (Å²) in [4.78, 5) is 26.1. The van der Waals surface area contributed by atoms with Crippen molar-refractivity contribution in [2.75, 3.05) is 11.5 Å². The van der Waals surface area contributed by atoms with Gasteiger partial charge in [0.25, 0.3) is 5.91 Å². The highest BCUT2D eigenvalue weighted by atomic mass is 16.5. The van der Waals surface area contributed by atoms with Crippen LogP contribution in [0.4, 0.5) is 5.69 Å². The first-order valence-corrected chi connectivity index (χ1v) is 8.76. The minimum Gasteiger partial charge on any atom is -0.484 e. The minimum absolute atomic E-state index is 0.0400. The highest BCUT2D eigenvalue weighted by molar-refractivity contribution is 5.95. The smallest absolute Gasteiger partial charge is 0.265 e. The summed E-state index contributed by atoms with van der Waals surface area (Å²) in [5, 5.41) is 0. The van der Waals surface area contributed by atoms with Gasteiger partial charge in [0.05, 0.1) is 6.54 Å². The van der Waals surface area contributed by atoms with Gasteiger partial charge in [0.15, 0.2) is 12.4 Å². The molecule has 0 saturated carbocycles. The van der Waals surface area contributed by atoms with E-state index >= 15 is 0 Å². The van der Waals surface area contributed by atoms with E-state index in [4.69, 9.17) is 4.74 Å². The van der Waals surface area contributed by atoms with Crippen molar-refractivity contribution < 1.29 is 14.3 Å². The molecule has 0 atom stereocenters. The Kier molecular flexibility index (Phi) is 6.00. The molecule has 0 fully saturated rings. The monoisotopic (exact) mass is 359 g/mol. The predicted molar refractivity (Wildman–Crippen MR) is 106 cm³/mol. The molecule has 0 spiro atoms. The summed E-state index contributed by atoms with van der Waals surface area (Å²) in [6.45, 7) is 1.85. The van der Waals surface area contributed by atoms with Crippen molar-refractivity contribution in [3.05, 3.63) is 96.1 Å². The number of anilines is 1. The summed E-state index contributed by atoms with van der Waals surface area (Å²) in [5.74, 6) is 0.309.